The van der Waals surface area contributed by atoms with E-state index in [1.165, 1.54) is 6.92 Å². The van der Waals surface area contributed by atoms with Crippen LogP contribution in [0.5, 0.6) is 5.75 Å². The number of carbonyl (C=O) groups excluding carboxylic acids is 1. The molecule has 0 bridgehead atoms. The normalized spacial score (nSPS) is 11.3. The summed E-state index contributed by atoms with van der Waals surface area (Å²) in [6.45, 7) is 1.53. The van der Waals surface area contributed by atoms with Crippen LogP contribution in [0.1, 0.15) is 23.7 Å². The summed E-state index contributed by atoms with van der Waals surface area (Å²) in [7, 11) is 0. The lowest BCUT2D eigenvalue weighted by Gasteiger charge is -2.09. The zero-order chi connectivity index (χ0) is 12.3. The van der Waals surface area contributed by atoms with Gasteiger partial charge in [-0.15, -0.1) is 13.2 Å². The van der Waals surface area contributed by atoms with Crippen molar-refractivity contribution in [2.45, 2.75) is 19.7 Å². The summed E-state index contributed by atoms with van der Waals surface area (Å²) in [5.41, 5.74) is -0.239. The fraction of sp³-hybridized carbons (Fsp3) is 0.300. The molecular formula is C10H8F4O2. The van der Waals surface area contributed by atoms with Gasteiger partial charge in [0.2, 0.25) is 0 Å². The summed E-state index contributed by atoms with van der Waals surface area (Å²) in [6.07, 6.45) is -4.79. The number of hydrogen-bond acceptors (Lipinski definition) is 2. The Labute approximate surface area is 88.8 Å². The molecule has 2 nitrogen and oxygen atoms in total. The van der Waals surface area contributed by atoms with Crippen LogP contribution in [0.2, 0.25) is 0 Å². The van der Waals surface area contributed by atoms with E-state index < -0.39 is 23.7 Å². The Morgan fingerprint density at radius 2 is 2.00 bits per heavy atom. The Kier molecular flexibility index (Phi) is 3.51. The van der Waals surface area contributed by atoms with Crippen LogP contribution in [0.4, 0.5) is 17.6 Å². The average Bonchev–Trinajstić information content (AvgIpc) is 2.14. The van der Waals surface area contributed by atoms with Crippen molar-refractivity contribution in [3.8, 4) is 5.75 Å². The van der Waals surface area contributed by atoms with E-state index in [4.69, 9.17) is 0 Å². The highest BCUT2D eigenvalue weighted by Crippen LogP contribution is 2.24. The highest BCUT2D eigenvalue weighted by Gasteiger charge is 2.31. The second-order valence-electron chi connectivity index (χ2n) is 2.97. The number of halogens is 4. The number of carbonyl (C=O) groups is 1. The van der Waals surface area contributed by atoms with Crippen molar-refractivity contribution < 1.29 is 27.1 Å². The maximum Gasteiger partial charge on any atom is 0.573 e. The maximum absolute atomic E-state index is 13.2. The molecule has 0 aliphatic heterocycles. The molecule has 1 rings (SSSR count). The summed E-state index contributed by atoms with van der Waals surface area (Å²) < 4.78 is 52.1. The molecule has 0 saturated carbocycles. The van der Waals surface area contributed by atoms with Crippen LogP contribution < -0.4 is 4.74 Å². The van der Waals surface area contributed by atoms with Gasteiger partial charge in [-0.1, -0.05) is 6.92 Å². The third kappa shape index (κ3) is 3.22. The molecule has 1 aromatic carbocycles. The molecule has 0 aromatic heterocycles. The van der Waals surface area contributed by atoms with Crippen LogP contribution in [0.25, 0.3) is 0 Å². The largest absolute Gasteiger partial charge is 0.573 e. The first-order valence-electron chi connectivity index (χ1n) is 4.42. The number of benzene rings is 1. The lowest BCUT2D eigenvalue weighted by Crippen LogP contribution is -2.17. The van der Waals surface area contributed by atoms with Gasteiger partial charge < -0.3 is 4.74 Å². The highest BCUT2D eigenvalue weighted by molar-refractivity contribution is 5.96. The third-order valence-corrected chi connectivity index (χ3v) is 1.80. The second kappa shape index (κ2) is 4.51. The summed E-state index contributed by atoms with van der Waals surface area (Å²) >= 11 is 0. The number of ether oxygens (including phenoxy) is 1. The minimum Gasteiger partial charge on any atom is -0.406 e. The van der Waals surface area contributed by atoms with Crippen molar-refractivity contribution in [2.24, 2.45) is 0 Å². The van der Waals surface area contributed by atoms with Crippen LogP contribution in [-0.4, -0.2) is 12.1 Å². The SMILES string of the molecule is CCC(=O)c1ccc(OC(F)(F)F)cc1F. The topological polar surface area (TPSA) is 26.3 Å². The van der Waals surface area contributed by atoms with Gasteiger partial charge in [-0.2, -0.15) is 0 Å². The van der Waals surface area contributed by atoms with E-state index >= 15 is 0 Å². The molecule has 0 N–H and O–H groups in total. The molecule has 0 unspecified atom stereocenters. The van der Waals surface area contributed by atoms with Crippen molar-refractivity contribution in [3.05, 3.63) is 29.6 Å². The van der Waals surface area contributed by atoms with Crippen molar-refractivity contribution in [3.63, 3.8) is 0 Å². The molecule has 1 aromatic rings. The first-order chi connectivity index (χ1) is 7.33. The molecule has 0 aliphatic carbocycles. The van der Waals surface area contributed by atoms with E-state index in [1.807, 2.05) is 0 Å². The summed E-state index contributed by atoms with van der Waals surface area (Å²) in [6, 6.07) is 2.41. The molecule has 0 heterocycles. The Bertz CT molecular complexity index is 398. The fourth-order valence-corrected chi connectivity index (χ4v) is 1.11. The third-order valence-electron chi connectivity index (χ3n) is 1.80. The quantitative estimate of drug-likeness (QED) is 0.594. The predicted molar refractivity (Wildman–Crippen MR) is 47.7 cm³/mol. The van der Waals surface area contributed by atoms with E-state index in [0.29, 0.717) is 6.07 Å². The van der Waals surface area contributed by atoms with E-state index in [0.717, 1.165) is 12.1 Å². The first-order valence-corrected chi connectivity index (χ1v) is 4.42. The van der Waals surface area contributed by atoms with E-state index in [9.17, 15) is 22.4 Å². The second-order valence-corrected chi connectivity index (χ2v) is 2.97. The molecule has 6 heteroatoms. The molecule has 0 amide bonds. The summed E-state index contributed by atoms with van der Waals surface area (Å²) in [4.78, 5) is 11.1. The van der Waals surface area contributed by atoms with Crippen LogP contribution in [0, 0.1) is 5.82 Å². The van der Waals surface area contributed by atoms with Crippen LogP contribution in [-0.2, 0) is 0 Å². The van der Waals surface area contributed by atoms with Gasteiger partial charge in [0, 0.05) is 12.5 Å². The molecule has 0 atom stereocenters. The standard InChI is InChI=1S/C10H8F4O2/c1-2-9(15)7-4-3-6(5-8(7)11)16-10(12,13)14/h3-5H,2H2,1H3. The molecule has 88 valence electrons. The summed E-state index contributed by atoms with van der Waals surface area (Å²) in [5, 5.41) is 0. The Morgan fingerprint density at radius 1 is 1.38 bits per heavy atom. The van der Waals surface area contributed by atoms with E-state index in [2.05, 4.69) is 4.74 Å². The molecular weight excluding hydrogens is 228 g/mol. The van der Waals surface area contributed by atoms with E-state index in [1.54, 1.807) is 0 Å². The van der Waals surface area contributed by atoms with Crippen molar-refractivity contribution in [2.75, 3.05) is 0 Å². The zero-order valence-corrected chi connectivity index (χ0v) is 8.27. The Morgan fingerprint density at radius 3 is 2.44 bits per heavy atom. The van der Waals surface area contributed by atoms with Crippen LogP contribution in [0.15, 0.2) is 18.2 Å². The minimum atomic E-state index is -4.87. The minimum absolute atomic E-state index is 0.0798. The van der Waals surface area contributed by atoms with Gasteiger partial charge >= 0.3 is 6.36 Å². The lowest BCUT2D eigenvalue weighted by atomic mass is 10.1. The number of alkyl halides is 3. The van der Waals surface area contributed by atoms with Gasteiger partial charge in [-0.25, -0.2) is 4.39 Å². The molecule has 0 radical (unpaired) electrons. The molecule has 0 aliphatic rings. The molecule has 0 saturated heterocycles. The van der Waals surface area contributed by atoms with Gasteiger partial charge in [0.15, 0.2) is 5.78 Å². The number of Topliss-reactive ketones (excluding diaryl/α,β-unsaturated/α-hetero) is 1. The number of ketones is 1. The molecule has 0 fully saturated rings. The van der Waals surface area contributed by atoms with Crippen LogP contribution in [0.3, 0.4) is 0 Å². The van der Waals surface area contributed by atoms with Crippen molar-refractivity contribution >= 4 is 5.78 Å². The van der Waals surface area contributed by atoms with Gasteiger partial charge in [-0.05, 0) is 12.1 Å². The summed E-state index contributed by atoms with van der Waals surface area (Å²) in [5.74, 6) is -2.18. The fourth-order valence-electron chi connectivity index (χ4n) is 1.11. The monoisotopic (exact) mass is 236 g/mol. The van der Waals surface area contributed by atoms with Crippen LogP contribution >= 0.6 is 0 Å². The zero-order valence-electron chi connectivity index (χ0n) is 8.27. The smallest absolute Gasteiger partial charge is 0.406 e. The average molecular weight is 236 g/mol. The number of rotatable bonds is 3. The first kappa shape index (κ1) is 12.5. The highest BCUT2D eigenvalue weighted by atomic mass is 19.4. The number of hydrogen-bond donors (Lipinski definition) is 0. The van der Waals surface area contributed by atoms with Crippen molar-refractivity contribution in [1.29, 1.82) is 0 Å². The predicted octanol–water partition coefficient (Wildman–Crippen LogP) is 3.32. The van der Waals surface area contributed by atoms with Gasteiger partial charge in [0.05, 0.1) is 5.56 Å². The Hall–Kier alpha value is -1.59. The van der Waals surface area contributed by atoms with Gasteiger partial charge in [0.1, 0.15) is 11.6 Å². The lowest BCUT2D eigenvalue weighted by molar-refractivity contribution is -0.274. The molecule has 16 heavy (non-hydrogen) atoms. The maximum atomic E-state index is 13.2. The van der Waals surface area contributed by atoms with Gasteiger partial charge in [-0.3, -0.25) is 4.79 Å². The Balaban J connectivity index is 2.96. The van der Waals surface area contributed by atoms with Crippen molar-refractivity contribution in [1.82, 2.24) is 0 Å². The molecule has 0 spiro atoms. The van der Waals surface area contributed by atoms with E-state index in [-0.39, 0.29) is 12.0 Å². The van der Waals surface area contributed by atoms with Gasteiger partial charge in [0.25, 0.3) is 0 Å².